The first-order valence-corrected chi connectivity index (χ1v) is 8.99. The molecular formula is C21H21NO3S. The number of hydrogen-bond donors (Lipinski definition) is 0. The van der Waals surface area contributed by atoms with E-state index < -0.39 is 0 Å². The molecule has 3 aromatic rings. The molecule has 0 radical (unpaired) electrons. The first-order chi connectivity index (χ1) is 12.5. The van der Waals surface area contributed by atoms with Crippen LogP contribution in [0, 0.1) is 0 Å². The van der Waals surface area contributed by atoms with E-state index in [9.17, 15) is 4.79 Å². The SMILES string of the molecule is COc1ccc(-c2cc(C(=O)N(C)C)sc2-c2ccc(OC)cc2)cc1. The van der Waals surface area contributed by atoms with Crippen LogP contribution in [0.5, 0.6) is 11.5 Å². The Morgan fingerprint density at radius 3 is 1.81 bits per heavy atom. The molecule has 134 valence electrons. The smallest absolute Gasteiger partial charge is 0.263 e. The highest BCUT2D eigenvalue weighted by molar-refractivity contribution is 7.18. The van der Waals surface area contributed by atoms with Gasteiger partial charge in [0.15, 0.2) is 0 Å². The van der Waals surface area contributed by atoms with Gasteiger partial charge in [-0.25, -0.2) is 0 Å². The molecule has 3 rings (SSSR count). The molecule has 4 nitrogen and oxygen atoms in total. The average Bonchev–Trinajstić information content (AvgIpc) is 3.12. The lowest BCUT2D eigenvalue weighted by Gasteiger charge is -2.07. The number of benzene rings is 2. The van der Waals surface area contributed by atoms with Gasteiger partial charge in [0, 0.05) is 24.5 Å². The zero-order valence-electron chi connectivity index (χ0n) is 15.3. The van der Waals surface area contributed by atoms with Crippen molar-refractivity contribution in [2.24, 2.45) is 0 Å². The molecule has 0 saturated heterocycles. The molecule has 0 spiro atoms. The summed E-state index contributed by atoms with van der Waals surface area (Å²) in [6.07, 6.45) is 0. The molecule has 0 aliphatic carbocycles. The van der Waals surface area contributed by atoms with E-state index in [0.29, 0.717) is 4.88 Å². The van der Waals surface area contributed by atoms with Crippen LogP contribution in [0.4, 0.5) is 0 Å². The number of rotatable bonds is 5. The average molecular weight is 367 g/mol. The van der Waals surface area contributed by atoms with Crippen molar-refractivity contribution in [1.29, 1.82) is 0 Å². The summed E-state index contributed by atoms with van der Waals surface area (Å²) in [5, 5.41) is 0. The Kier molecular flexibility index (Phi) is 5.28. The predicted molar refractivity (Wildman–Crippen MR) is 106 cm³/mol. The van der Waals surface area contributed by atoms with Crippen LogP contribution in [0.3, 0.4) is 0 Å². The lowest BCUT2D eigenvalue weighted by molar-refractivity contribution is 0.0832. The summed E-state index contributed by atoms with van der Waals surface area (Å²) in [5.41, 5.74) is 3.14. The van der Waals surface area contributed by atoms with Gasteiger partial charge in [-0.15, -0.1) is 11.3 Å². The predicted octanol–water partition coefficient (Wildman–Crippen LogP) is 4.80. The molecule has 0 saturated carbocycles. The van der Waals surface area contributed by atoms with Crippen molar-refractivity contribution < 1.29 is 14.3 Å². The van der Waals surface area contributed by atoms with E-state index in [4.69, 9.17) is 9.47 Å². The highest BCUT2D eigenvalue weighted by Crippen LogP contribution is 2.40. The molecule has 0 aliphatic heterocycles. The Morgan fingerprint density at radius 1 is 0.846 bits per heavy atom. The van der Waals surface area contributed by atoms with Gasteiger partial charge in [-0.1, -0.05) is 12.1 Å². The molecule has 1 amide bonds. The molecule has 1 aromatic heterocycles. The van der Waals surface area contributed by atoms with Crippen LogP contribution in [-0.4, -0.2) is 39.1 Å². The lowest BCUT2D eigenvalue weighted by Crippen LogP contribution is -2.20. The normalized spacial score (nSPS) is 10.5. The van der Waals surface area contributed by atoms with Crippen LogP contribution in [-0.2, 0) is 0 Å². The number of nitrogens with zero attached hydrogens (tertiary/aromatic N) is 1. The highest BCUT2D eigenvalue weighted by Gasteiger charge is 2.18. The monoisotopic (exact) mass is 367 g/mol. The quantitative estimate of drug-likeness (QED) is 0.650. The maximum atomic E-state index is 12.5. The van der Waals surface area contributed by atoms with Crippen LogP contribution in [0.25, 0.3) is 21.6 Å². The van der Waals surface area contributed by atoms with E-state index >= 15 is 0 Å². The Balaban J connectivity index is 2.11. The topological polar surface area (TPSA) is 38.8 Å². The number of methoxy groups -OCH3 is 2. The van der Waals surface area contributed by atoms with Gasteiger partial charge in [-0.2, -0.15) is 0 Å². The molecule has 0 fully saturated rings. The first-order valence-electron chi connectivity index (χ1n) is 8.18. The van der Waals surface area contributed by atoms with E-state index in [1.165, 1.54) is 11.3 Å². The summed E-state index contributed by atoms with van der Waals surface area (Å²) < 4.78 is 10.5. The number of amides is 1. The van der Waals surface area contributed by atoms with Crippen molar-refractivity contribution >= 4 is 17.2 Å². The van der Waals surface area contributed by atoms with Crippen molar-refractivity contribution in [1.82, 2.24) is 4.90 Å². The van der Waals surface area contributed by atoms with Gasteiger partial charge in [0.25, 0.3) is 5.91 Å². The van der Waals surface area contributed by atoms with Crippen molar-refractivity contribution in [3.63, 3.8) is 0 Å². The summed E-state index contributed by atoms with van der Waals surface area (Å²) in [4.78, 5) is 15.8. The minimum absolute atomic E-state index is 0.00419. The lowest BCUT2D eigenvalue weighted by atomic mass is 10.0. The van der Waals surface area contributed by atoms with Crippen LogP contribution in [0.2, 0.25) is 0 Å². The molecule has 5 heteroatoms. The van der Waals surface area contributed by atoms with Crippen LogP contribution in [0.1, 0.15) is 9.67 Å². The third-order valence-corrected chi connectivity index (χ3v) is 5.27. The summed E-state index contributed by atoms with van der Waals surface area (Å²) in [6.45, 7) is 0. The Morgan fingerprint density at radius 2 is 1.35 bits per heavy atom. The van der Waals surface area contributed by atoms with E-state index in [1.807, 2.05) is 54.6 Å². The Bertz CT molecular complexity index is 831. The number of hydrogen-bond acceptors (Lipinski definition) is 4. The van der Waals surface area contributed by atoms with Crippen LogP contribution in [0.15, 0.2) is 54.6 Å². The maximum Gasteiger partial charge on any atom is 0.263 e. The maximum absolute atomic E-state index is 12.5. The molecule has 1 heterocycles. The molecule has 0 N–H and O–H groups in total. The molecule has 0 unspecified atom stereocenters. The molecule has 2 aromatic carbocycles. The van der Waals surface area contributed by atoms with E-state index in [0.717, 1.165) is 33.1 Å². The fraction of sp³-hybridized carbons (Fsp3) is 0.190. The Labute approximate surface area is 157 Å². The summed E-state index contributed by atoms with van der Waals surface area (Å²) >= 11 is 1.50. The van der Waals surface area contributed by atoms with Crippen molar-refractivity contribution in [3.8, 4) is 33.1 Å². The fourth-order valence-corrected chi connectivity index (χ4v) is 3.87. The second-order valence-electron chi connectivity index (χ2n) is 6.01. The number of thiophene rings is 1. The van der Waals surface area contributed by atoms with E-state index in [1.54, 1.807) is 33.2 Å². The first kappa shape index (κ1) is 18.0. The van der Waals surface area contributed by atoms with E-state index in [-0.39, 0.29) is 5.91 Å². The Hall–Kier alpha value is -2.79. The summed E-state index contributed by atoms with van der Waals surface area (Å²) in [5.74, 6) is 1.62. The molecule has 0 bridgehead atoms. The van der Waals surface area contributed by atoms with Gasteiger partial charge in [0.2, 0.25) is 0 Å². The summed E-state index contributed by atoms with van der Waals surface area (Å²) in [7, 11) is 6.83. The second-order valence-corrected chi connectivity index (χ2v) is 7.06. The number of ether oxygens (including phenoxy) is 2. The molecule has 26 heavy (non-hydrogen) atoms. The summed E-state index contributed by atoms with van der Waals surface area (Å²) in [6, 6.07) is 17.7. The highest BCUT2D eigenvalue weighted by atomic mass is 32.1. The van der Waals surface area contributed by atoms with Gasteiger partial charge in [-0.05, 0) is 53.6 Å². The van der Waals surface area contributed by atoms with Crippen LogP contribution < -0.4 is 9.47 Å². The third-order valence-electron chi connectivity index (χ3n) is 4.10. The van der Waals surface area contributed by atoms with Gasteiger partial charge in [0.1, 0.15) is 11.5 Å². The largest absolute Gasteiger partial charge is 0.497 e. The van der Waals surface area contributed by atoms with Crippen molar-refractivity contribution in [2.75, 3.05) is 28.3 Å². The third kappa shape index (κ3) is 3.58. The standard InChI is InChI=1S/C21H21NO3S/c1-22(2)21(23)19-13-18(14-5-9-16(24-3)10-6-14)20(26-19)15-7-11-17(25-4)12-8-15/h5-13H,1-4H3. The molecule has 0 aliphatic rings. The minimum Gasteiger partial charge on any atom is -0.497 e. The van der Waals surface area contributed by atoms with Gasteiger partial charge < -0.3 is 14.4 Å². The van der Waals surface area contributed by atoms with Crippen molar-refractivity contribution in [3.05, 3.63) is 59.5 Å². The minimum atomic E-state index is 0.00419. The van der Waals surface area contributed by atoms with Gasteiger partial charge in [-0.3, -0.25) is 4.79 Å². The van der Waals surface area contributed by atoms with Crippen LogP contribution >= 0.6 is 11.3 Å². The van der Waals surface area contributed by atoms with Gasteiger partial charge in [0.05, 0.1) is 19.1 Å². The second kappa shape index (κ2) is 7.62. The van der Waals surface area contributed by atoms with Crippen molar-refractivity contribution in [2.45, 2.75) is 0 Å². The van der Waals surface area contributed by atoms with E-state index in [2.05, 4.69) is 0 Å². The zero-order valence-corrected chi connectivity index (χ0v) is 16.1. The molecular weight excluding hydrogens is 346 g/mol. The van der Waals surface area contributed by atoms with Gasteiger partial charge >= 0.3 is 0 Å². The zero-order chi connectivity index (χ0) is 18.7. The number of carbonyl (C=O) groups excluding carboxylic acids is 1. The number of carbonyl (C=O) groups is 1. The molecule has 0 atom stereocenters. The fourth-order valence-electron chi connectivity index (χ4n) is 2.66.